The second kappa shape index (κ2) is 7.18. The summed E-state index contributed by atoms with van der Waals surface area (Å²) in [6.45, 7) is 6.94. The molecule has 1 atom stereocenters. The van der Waals surface area contributed by atoms with Crippen molar-refractivity contribution in [3.05, 3.63) is 29.3 Å². The number of nitrogens with zero attached hydrogens (tertiary/aromatic N) is 1. The third kappa shape index (κ3) is 3.38. The molecule has 1 unspecified atom stereocenters. The monoisotopic (exact) mass is 332 g/mol. The average Bonchev–Trinajstić information content (AvgIpc) is 2.62. The summed E-state index contributed by atoms with van der Waals surface area (Å²) in [6, 6.07) is 6.35. The molecule has 2 aliphatic heterocycles. The van der Waals surface area contributed by atoms with Crippen molar-refractivity contribution in [2.24, 2.45) is 0 Å². The van der Waals surface area contributed by atoms with Crippen molar-refractivity contribution in [3.63, 3.8) is 0 Å². The smallest absolute Gasteiger partial charge is 0.119 e. The minimum Gasteiger partial charge on any atom is -0.497 e. The van der Waals surface area contributed by atoms with E-state index in [-0.39, 0.29) is 5.41 Å². The fraction of sp³-hybridized carbons (Fsp3) is 0.632. The molecule has 4 heteroatoms. The van der Waals surface area contributed by atoms with E-state index in [0.717, 1.165) is 23.7 Å². The molecule has 0 aliphatic carbocycles. The van der Waals surface area contributed by atoms with E-state index in [0.29, 0.717) is 0 Å². The minimum atomic E-state index is 0.156. The van der Waals surface area contributed by atoms with Crippen molar-refractivity contribution in [2.75, 3.05) is 33.3 Å². The van der Waals surface area contributed by atoms with Crippen LogP contribution in [-0.2, 0) is 5.41 Å². The third-order valence-electron chi connectivity index (χ3n) is 5.66. The van der Waals surface area contributed by atoms with Crippen LogP contribution < -0.4 is 10.1 Å². The number of nitrogens with one attached hydrogen (secondary N) is 1. The number of ether oxygens (including phenoxy) is 1. The normalized spacial score (nSPS) is 24.9. The van der Waals surface area contributed by atoms with Gasteiger partial charge in [-0.05, 0) is 69.1 Å². The van der Waals surface area contributed by atoms with E-state index < -0.39 is 0 Å². The third-order valence-corrected chi connectivity index (χ3v) is 6.03. The van der Waals surface area contributed by atoms with Gasteiger partial charge in [0.25, 0.3) is 0 Å². The molecule has 126 valence electrons. The molecule has 2 heterocycles. The number of benzene rings is 1. The average molecular weight is 333 g/mol. The number of thiocarbonyl (C=S) groups is 1. The Bertz CT molecular complexity index is 568. The molecule has 23 heavy (non-hydrogen) atoms. The highest BCUT2D eigenvalue weighted by Crippen LogP contribution is 2.38. The summed E-state index contributed by atoms with van der Waals surface area (Å²) in [5.41, 5.74) is 2.72. The molecule has 0 radical (unpaired) electrons. The van der Waals surface area contributed by atoms with Crippen molar-refractivity contribution in [1.29, 1.82) is 0 Å². The Morgan fingerprint density at radius 1 is 1.26 bits per heavy atom. The Hall–Kier alpha value is -1.13. The van der Waals surface area contributed by atoms with Gasteiger partial charge in [0, 0.05) is 17.5 Å². The van der Waals surface area contributed by atoms with Crippen molar-refractivity contribution in [3.8, 4) is 5.75 Å². The molecule has 1 N–H and O–H groups in total. The van der Waals surface area contributed by atoms with Crippen LogP contribution in [0.25, 0.3) is 0 Å². The summed E-state index contributed by atoms with van der Waals surface area (Å²) in [6.07, 6.45) is 6.40. The van der Waals surface area contributed by atoms with Crippen molar-refractivity contribution < 1.29 is 4.74 Å². The van der Waals surface area contributed by atoms with Gasteiger partial charge in [0.15, 0.2) is 0 Å². The maximum atomic E-state index is 5.54. The van der Waals surface area contributed by atoms with Gasteiger partial charge in [-0.1, -0.05) is 25.6 Å². The lowest BCUT2D eigenvalue weighted by Crippen LogP contribution is -2.48. The van der Waals surface area contributed by atoms with E-state index in [4.69, 9.17) is 17.0 Å². The van der Waals surface area contributed by atoms with Crippen LogP contribution >= 0.6 is 12.2 Å². The highest BCUT2D eigenvalue weighted by atomic mass is 32.1. The molecular weight excluding hydrogens is 304 g/mol. The number of piperidine rings is 1. The van der Waals surface area contributed by atoms with Crippen molar-refractivity contribution >= 4 is 17.2 Å². The summed E-state index contributed by atoms with van der Waals surface area (Å²) in [5, 5.41) is 3.48. The van der Waals surface area contributed by atoms with Gasteiger partial charge in [-0.15, -0.1) is 0 Å². The van der Waals surface area contributed by atoms with Crippen LogP contribution in [0.4, 0.5) is 0 Å². The van der Waals surface area contributed by atoms with Crippen molar-refractivity contribution in [2.45, 2.75) is 44.4 Å². The highest BCUT2D eigenvalue weighted by molar-refractivity contribution is 7.80. The molecule has 1 fully saturated rings. The first-order valence-electron chi connectivity index (χ1n) is 8.87. The molecule has 0 aromatic heterocycles. The molecule has 1 saturated heterocycles. The largest absolute Gasteiger partial charge is 0.497 e. The fourth-order valence-electron chi connectivity index (χ4n) is 4.00. The van der Waals surface area contributed by atoms with Crippen LogP contribution in [0.15, 0.2) is 18.2 Å². The first-order chi connectivity index (χ1) is 11.2. The van der Waals surface area contributed by atoms with Crippen LogP contribution in [0.2, 0.25) is 0 Å². The summed E-state index contributed by atoms with van der Waals surface area (Å²) in [5.74, 6) is 0.934. The second-order valence-corrected chi connectivity index (χ2v) is 7.29. The summed E-state index contributed by atoms with van der Waals surface area (Å²) in [4.78, 5) is 3.51. The number of fused-ring (bicyclic) bond motifs is 1. The van der Waals surface area contributed by atoms with Crippen LogP contribution in [-0.4, -0.2) is 43.2 Å². The minimum absolute atomic E-state index is 0.156. The van der Waals surface area contributed by atoms with E-state index in [1.54, 1.807) is 7.11 Å². The van der Waals surface area contributed by atoms with Gasteiger partial charge in [0.2, 0.25) is 0 Å². The van der Waals surface area contributed by atoms with Gasteiger partial charge in [-0.2, -0.15) is 0 Å². The second-order valence-electron chi connectivity index (χ2n) is 6.88. The Labute approximate surface area is 145 Å². The molecule has 0 saturated carbocycles. The van der Waals surface area contributed by atoms with Gasteiger partial charge in [-0.3, -0.25) is 0 Å². The first kappa shape index (κ1) is 16.7. The van der Waals surface area contributed by atoms with E-state index in [2.05, 4.69) is 29.3 Å². The zero-order valence-electron chi connectivity index (χ0n) is 14.4. The van der Waals surface area contributed by atoms with E-state index in [1.165, 1.54) is 56.4 Å². The summed E-state index contributed by atoms with van der Waals surface area (Å²) >= 11 is 5.54. The topological polar surface area (TPSA) is 24.5 Å². The molecule has 0 spiro atoms. The Morgan fingerprint density at radius 3 is 2.74 bits per heavy atom. The van der Waals surface area contributed by atoms with E-state index in [9.17, 15) is 0 Å². The van der Waals surface area contributed by atoms with E-state index >= 15 is 0 Å². The van der Waals surface area contributed by atoms with Gasteiger partial charge >= 0.3 is 0 Å². The number of methoxy groups -OCH3 is 1. The zero-order chi connectivity index (χ0) is 16.3. The molecule has 3 rings (SSSR count). The fourth-order valence-corrected chi connectivity index (χ4v) is 4.25. The molecule has 2 aliphatic rings. The van der Waals surface area contributed by atoms with Crippen LogP contribution in [0, 0.1) is 0 Å². The van der Waals surface area contributed by atoms with Crippen LogP contribution in [0.1, 0.15) is 50.2 Å². The van der Waals surface area contributed by atoms with Crippen molar-refractivity contribution in [1.82, 2.24) is 10.2 Å². The van der Waals surface area contributed by atoms with Crippen LogP contribution in [0.5, 0.6) is 5.75 Å². The quantitative estimate of drug-likeness (QED) is 0.834. The Kier molecular flexibility index (Phi) is 5.22. The molecule has 1 aromatic carbocycles. The summed E-state index contributed by atoms with van der Waals surface area (Å²) in [7, 11) is 1.74. The predicted octanol–water partition coefficient (Wildman–Crippen LogP) is 3.50. The number of rotatable bonds is 5. The van der Waals surface area contributed by atoms with Gasteiger partial charge < -0.3 is 15.0 Å². The molecular formula is C19H28N2OS. The maximum Gasteiger partial charge on any atom is 0.119 e. The Balaban J connectivity index is 1.86. The first-order valence-corrected chi connectivity index (χ1v) is 9.28. The lowest BCUT2D eigenvalue weighted by molar-refractivity contribution is 0.200. The number of likely N-dealkylation sites (tertiary alicyclic amines) is 1. The highest BCUT2D eigenvalue weighted by Gasteiger charge is 2.37. The SMILES string of the molecule is CCC1(CCN2CCCCC2)CNC(=S)c2ccc(OC)cc21. The van der Waals surface area contributed by atoms with E-state index in [1.807, 2.05) is 6.07 Å². The number of hydrogen-bond acceptors (Lipinski definition) is 3. The zero-order valence-corrected chi connectivity index (χ0v) is 15.2. The van der Waals surface area contributed by atoms with Gasteiger partial charge in [-0.25, -0.2) is 0 Å². The lowest BCUT2D eigenvalue weighted by atomic mass is 9.71. The molecule has 0 amide bonds. The molecule has 3 nitrogen and oxygen atoms in total. The molecule has 1 aromatic rings. The van der Waals surface area contributed by atoms with Crippen LogP contribution in [0.3, 0.4) is 0 Å². The summed E-state index contributed by atoms with van der Waals surface area (Å²) < 4.78 is 5.47. The lowest BCUT2D eigenvalue weighted by Gasteiger charge is -2.41. The van der Waals surface area contributed by atoms with Gasteiger partial charge in [0.1, 0.15) is 10.7 Å². The standard InChI is InChI=1S/C19H28N2OS/c1-3-19(9-12-21-10-5-4-6-11-21)14-20-18(23)16-8-7-15(22-2)13-17(16)19/h7-8,13H,3-6,9-12,14H2,1-2H3,(H,20,23). The maximum absolute atomic E-state index is 5.54. The van der Waals surface area contributed by atoms with Gasteiger partial charge in [0.05, 0.1) is 7.11 Å². The molecule has 0 bridgehead atoms. The number of hydrogen-bond donors (Lipinski definition) is 1. The Morgan fingerprint density at radius 2 is 2.04 bits per heavy atom. The predicted molar refractivity (Wildman–Crippen MR) is 99.6 cm³/mol.